The quantitative estimate of drug-likeness (QED) is 0.263. The zero-order chi connectivity index (χ0) is 30.0. The number of nitrogens with zero attached hydrogens (tertiary/aromatic N) is 4. The molecule has 1 aliphatic carbocycles. The van der Waals surface area contributed by atoms with E-state index in [9.17, 15) is 22.8 Å². The van der Waals surface area contributed by atoms with E-state index in [2.05, 4.69) is 20.4 Å². The first-order valence-corrected chi connectivity index (χ1v) is 13.1. The predicted octanol–water partition coefficient (Wildman–Crippen LogP) is 3.88. The summed E-state index contributed by atoms with van der Waals surface area (Å²) < 4.78 is 77.1. The molecular formula is C27H25F5N6O4. The number of aliphatic hydroxyl groups excluding tert-OH is 1. The van der Waals surface area contributed by atoms with Crippen molar-refractivity contribution >= 4 is 16.5 Å². The van der Waals surface area contributed by atoms with E-state index in [1.807, 2.05) is 0 Å². The van der Waals surface area contributed by atoms with E-state index in [0.717, 1.165) is 6.20 Å². The van der Waals surface area contributed by atoms with Gasteiger partial charge in [0.15, 0.2) is 23.2 Å². The fraction of sp³-hybridized carbons (Fsp3) is 0.370. The van der Waals surface area contributed by atoms with Gasteiger partial charge in [-0.05, 0) is 42.7 Å². The number of benzene rings is 1. The molecule has 3 N–H and O–H groups in total. The molecule has 1 saturated carbocycles. The van der Waals surface area contributed by atoms with Crippen molar-refractivity contribution in [3.05, 3.63) is 74.8 Å². The summed E-state index contributed by atoms with van der Waals surface area (Å²) in [6.45, 7) is -0.0804. The minimum Gasteiger partial charge on any atom is -0.488 e. The molecule has 1 aromatic carbocycles. The largest absolute Gasteiger partial charge is 0.488 e. The summed E-state index contributed by atoms with van der Waals surface area (Å²) in [5.41, 5.74) is -4.14. The Bertz CT molecular complexity index is 1710. The van der Waals surface area contributed by atoms with Crippen molar-refractivity contribution in [2.45, 2.75) is 44.4 Å². The SMILES string of the molecule is O=c1[nH]ncc(N[C@H]2CCC[C@@H](Cn3ccc4cc(-c5ncc(OCCO)cn5)c(F)c(F)c4c3=O)C2)c1C(F)(F)F. The highest BCUT2D eigenvalue weighted by atomic mass is 19.4. The van der Waals surface area contributed by atoms with Crippen LogP contribution in [0.5, 0.6) is 5.75 Å². The summed E-state index contributed by atoms with van der Waals surface area (Å²) in [6.07, 6.45) is 2.20. The number of halogens is 5. The third-order valence-electron chi connectivity index (χ3n) is 7.11. The Morgan fingerprint density at radius 1 is 1.12 bits per heavy atom. The second-order valence-corrected chi connectivity index (χ2v) is 9.96. The number of hydrogen-bond acceptors (Lipinski definition) is 8. The molecule has 0 bridgehead atoms. The summed E-state index contributed by atoms with van der Waals surface area (Å²) in [5.74, 6) is -2.71. The van der Waals surface area contributed by atoms with Gasteiger partial charge in [-0.15, -0.1) is 0 Å². The van der Waals surface area contributed by atoms with Gasteiger partial charge in [-0.3, -0.25) is 9.59 Å². The number of aromatic amines is 1. The lowest BCUT2D eigenvalue weighted by atomic mass is 9.85. The van der Waals surface area contributed by atoms with Gasteiger partial charge in [0.05, 0.1) is 41.8 Å². The number of hydrogen-bond donors (Lipinski definition) is 3. The van der Waals surface area contributed by atoms with E-state index in [-0.39, 0.29) is 48.2 Å². The first-order chi connectivity index (χ1) is 20.1. The van der Waals surface area contributed by atoms with E-state index in [4.69, 9.17) is 9.84 Å². The summed E-state index contributed by atoms with van der Waals surface area (Å²) in [4.78, 5) is 33.0. The number of H-pyrrole nitrogens is 1. The highest BCUT2D eigenvalue weighted by Crippen LogP contribution is 2.34. The second kappa shape index (κ2) is 11.8. The lowest BCUT2D eigenvalue weighted by Crippen LogP contribution is -2.33. The smallest absolute Gasteiger partial charge is 0.423 e. The number of aliphatic hydroxyl groups is 1. The molecule has 3 heterocycles. The average Bonchev–Trinajstić information content (AvgIpc) is 2.95. The van der Waals surface area contributed by atoms with E-state index < -0.39 is 51.6 Å². The molecule has 0 spiro atoms. The Hall–Kier alpha value is -4.40. The Kier molecular flexibility index (Phi) is 8.20. The molecule has 5 rings (SSSR count). The standard InChI is InChI=1S/C27H25F5N6O4/c28-22-18(24-33-10-17(11-34-24)42-7-6-39)9-15-4-5-38(26(41)20(15)23(22)29)13-14-2-1-3-16(8-14)36-19-12-35-37-25(40)21(19)27(30,31)32/h4-5,9-12,14,16,39H,1-3,6-8,13H2,(H2,36,37,40)/t14-,16+/m1/s1. The van der Waals surface area contributed by atoms with Gasteiger partial charge in [0.1, 0.15) is 12.2 Å². The van der Waals surface area contributed by atoms with Crippen molar-refractivity contribution in [1.82, 2.24) is 24.7 Å². The van der Waals surface area contributed by atoms with E-state index in [1.54, 1.807) is 5.10 Å². The Labute approximate surface area is 234 Å². The third-order valence-corrected chi connectivity index (χ3v) is 7.11. The van der Waals surface area contributed by atoms with Crippen LogP contribution >= 0.6 is 0 Å². The minimum absolute atomic E-state index is 0.0105. The molecule has 2 atom stereocenters. The summed E-state index contributed by atoms with van der Waals surface area (Å²) >= 11 is 0. The van der Waals surface area contributed by atoms with Crippen molar-refractivity contribution in [2.24, 2.45) is 5.92 Å². The van der Waals surface area contributed by atoms with Crippen molar-refractivity contribution in [2.75, 3.05) is 18.5 Å². The van der Waals surface area contributed by atoms with Crippen LogP contribution in [0.3, 0.4) is 0 Å². The summed E-state index contributed by atoms with van der Waals surface area (Å²) in [5, 5.41) is 16.6. The number of ether oxygens (including phenoxy) is 1. The van der Waals surface area contributed by atoms with E-state index in [0.29, 0.717) is 25.7 Å². The highest BCUT2D eigenvalue weighted by molar-refractivity contribution is 5.86. The van der Waals surface area contributed by atoms with Crippen LogP contribution in [0.1, 0.15) is 31.2 Å². The van der Waals surface area contributed by atoms with Gasteiger partial charge in [-0.25, -0.2) is 23.8 Å². The van der Waals surface area contributed by atoms with Gasteiger partial charge in [0.25, 0.3) is 11.1 Å². The Balaban J connectivity index is 1.36. The molecule has 1 fully saturated rings. The number of alkyl halides is 3. The van der Waals surface area contributed by atoms with Crippen molar-refractivity contribution in [3.8, 4) is 17.1 Å². The van der Waals surface area contributed by atoms with Crippen LogP contribution < -0.4 is 21.2 Å². The van der Waals surface area contributed by atoms with Crippen LogP contribution in [-0.4, -0.2) is 49.1 Å². The first-order valence-electron chi connectivity index (χ1n) is 13.1. The molecule has 0 aliphatic heterocycles. The van der Waals surface area contributed by atoms with Gasteiger partial charge in [0.2, 0.25) is 0 Å². The van der Waals surface area contributed by atoms with Crippen LogP contribution in [0.4, 0.5) is 27.6 Å². The summed E-state index contributed by atoms with van der Waals surface area (Å²) in [7, 11) is 0. The fourth-order valence-corrected chi connectivity index (χ4v) is 5.25. The maximum Gasteiger partial charge on any atom is 0.423 e. The average molecular weight is 593 g/mol. The molecular weight excluding hydrogens is 567 g/mol. The fourth-order valence-electron chi connectivity index (χ4n) is 5.25. The lowest BCUT2D eigenvalue weighted by Gasteiger charge is -2.31. The topological polar surface area (TPSA) is 135 Å². The van der Waals surface area contributed by atoms with Crippen molar-refractivity contribution < 1.29 is 31.8 Å². The Morgan fingerprint density at radius 3 is 2.60 bits per heavy atom. The highest BCUT2D eigenvalue weighted by Gasteiger charge is 2.38. The zero-order valence-corrected chi connectivity index (χ0v) is 21.9. The lowest BCUT2D eigenvalue weighted by molar-refractivity contribution is -0.138. The number of pyridine rings is 1. The van der Waals surface area contributed by atoms with Crippen LogP contribution in [0.25, 0.3) is 22.2 Å². The molecule has 4 aromatic rings. The molecule has 0 radical (unpaired) electrons. The molecule has 3 aromatic heterocycles. The number of rotatable bonds is 8. The maximum atomic E-state index is 15.2. The number of anilines is 1. The second-order valence-electron chi connectivity index (χ2n) is 9.96. The van der Waals surface area contributed by atoms with Crippen molar-refractivity contribution in [1.29, 1.82) is 0 Å². The van der Waals surface area contributed by atoms with Gasteiger partial charge in [0, 0.05) is 18.8 Å². The van der Waals surface area contributed by atoms with Crippen LogP contribution in [-0.2, 0) is 12.7 Å². The van der Waals surface area contributed by atoms with Gasteiger partial charge in [-0.1, -0.05) is 6.42 Å². The molecule has 42 heavy (non-hydrogen) atoms. The molecule has 10 nitrogen and oxygen atoms in total. The van der Waals surface area contributed by atoms with Crippen LogP contribution in [0.2, 0.25) is 0 Å². The minimum atomic E-state index is -4.88. The van der Waals surface area contributed by atoms with Gasteiger partial charge in [-0.2, -0.15) is 18.3 Å². The number of fused-ring (bicyclic) bond motifs is 1. The predicted molar refractivity (Wildman–Crippen MR) is 141 cm³/mol. The maximum absolute atomic E-state index is 15.2. The van der Waals surface area contributed by atoms with Crippen LogP contribution in [0.15, 0.2) is 46.5 Å². The molecule has 0 saturated heterocycles. The van der Waals surface area contributed by atoms with Gasteiger partial charge < -0.3 is 19.7 Å². The zero-order valence-electron chi connectivity index (χ0n) is 21.9. The van der Waals surface area contributed by atoms with Crippen molar-refractivity contribution in [3.63, 3.8) is 0 Å². The molecule has 1 aliphatic rings. The molecule has 222 valence electrons. The van der Waals surface area contributed by atoms with E-state index >= 15 is 8.78 Å². The normalized spacial score (nSPS) is 17.4. The van der Waals surface area contributed by atoms with Gasteiger partial charge >= 0.3 is 6.18 Å². The molecule has 0 unspecified atom stereocenters. The van der Waals surface area contributed by atoms with Crippen LogP contribution in [0, 0.1) is 17.6 Å². The third kappa shape index (κ3) is 5.95. The molecule has 15 heteroatoms. The number of nitrogens with one attached hydrogen (secondary N) is 2. The first kappa shape index (κ1) is 29.1. The van der Waals surface area contributed by atoms with E-state index in [1.165, 1.54) is 35.3 Å². The Morgan fingerprint density at radius 2 is 1.88 bits per heavy atom. The number of aromatic nitrogens is 5. The molecule has 0 amide bonds. The summed E-state index contributed by atoms with van der Waals surface area (Å²) in [6, 6.07) is 2.32. The monoisotopic (exact) mass is 592 g/mol.